The molecule has 7 nitrogen and oxygen atoms in total. The Morgan fingerprint density at radius 2 is 2.35 bits per heavy atom. The SMILES string of the molecule is CC(N)C1CCCN(C(=O)c2cc([N+](=O)[O-])c[nH]2)C1.Cl. The number of piperidine rings is 1. The summed E-state index contributed by atoms with van der Waals surface area (Å²) >= 11 is 0. The lowest BCUT2D eigenvalue weighted by molar-refractivity contribution is -0.384. The van der Waals surface area contributed by atoms with Crippen LogP contribution < -0.4 is 5.73 Å². The number of likely N-dealkylation sites (tertiary alicyclic amines) is 1. The van der Waals surface area contributed by atoms with Crippen LogP contribution in [0.15, 0.2) is 12.3 Å². The van der Waals surface area contributed by atoms with Crippen LogP contribution in [0.2, 0.25) is 0 Å². The molecular formula is C12H19ClN4O3. The van der Waals surface area contributed by atoms with Crippen molar-refractivity contribution in [1.29, 1.82) is 0 Å². The van der Waals surface area contributed by atoms with E-state index in [1.54, 1.807) is 4.90 Å². The normalized spacial score (nSPS) is 20.1. The maximum Gasteiger partial charge on any atom is 0.287 e. The zero-order chi connectivity index (χ0) is 14.0. The highest BCUT2D eigenvalue weighted by molar-refractivity contribution is 5.93. The van der Waals surface area contributed by atoms with Crippen LogP contribution in [0.25, 0.3) is 0 Å². The molecule has 20 heavy (non-hydrogen) atoms. The Morgan fingerprint density at radius 1 is 1.65 bits per heavy atom. The van der Waals surface area contributed by atoms with Gasteiger partial charge in [0.05, 0.1) is 11.1 Å². The molecule has 3 N–H and O–H groups in total. The van der Waals surface area contributed by atoms with Crippen LogP contribution in [-0.4, -0.2) is 39.8 Å². The molecule has 112 valence electrons. The molecule has 1 saturated heterocycles. The monoisotopic (exact) mass is 302 g/mol. The Balaban J connectivity index is 0.00000200. The molecule has 1 aromatic heterocycles. The van der Waals surface area contributed by atoms with E-state index in [-0.39, 0.29) is 35.7 Å². The molecule has 0 aromatic carbocycles. The summed E-state index contributed by atoms with van der Waals surface area (Å²) in [4.78, 5) is 26.7. The number of amides is 1. The van der Waals surface area contributed by atoms with E-state index in [0.29, 0.717) is 19.0 Å². The summed E-state index contributed by atoms with van der Waals surface area (Å²) in [5, 5.41) is 10.6. The number of nitrogens with one attached hydrogen (secondary N) is 1. The number of H-pyrrole nitrogens is 1. The second-order valence-electron chi connectivity index (χ2n) is 5.04. The zero-order valence-electron chi connectivity index (χ0n) is 11.2. The van der Waals surface area contributed by atoms with Crippen LogP contribution >= 0.6 is 12.4 Å². The number of nitrogens with two attached hydrogens (primary N) is 1. The van der Waals surface area contributed by atoms with Crippen molar-refractivity contribution in [2.24, 2.45) is 11.7 Å². The van der Waals surface area contributed by atoms with E-state index in [2.05, 4.69) is 4.98 Å². The number of halogens is 1. The Kier molecular flexibility index (Phi) is 5.52. The quantitative estimate of drug-likeness (QED) is 0.652. The zero-order valence-corrected chi connectivity index (χ0v) is 12.1. The van der Waals surface area contributed by atoms with Gasteiger partial charge in [-0.15, -0.1) is 12.4 Å². The van der Waals surface area contributed by atoms with Crippen molar-refractivity contribution in [3.63, 3.8) is 0 Å². The summed E-state index contributed by atoms with van der Waals surface area (Å²) in [6.07, 6.45) is 3.17. The van der Waals surface area contributed by atoms with Crippen molar-refractivity contribution >= 4 is 24.0 Å². The van der Waals surface area contributed by atoms with Gasteiger partial charge in [-0.2, -0.15) is 0 Å². The average Bonchev–Trinajstić information content (AvgIpc) is 2.87. The van der Waals surface area contributed by atoms with Crippen molar-refractivity contribution in [1.82, 2.24) is 9.88 Å². The van der Waals surface area contributed by atoms with E-state index in [4.69, 9.17) is 5.73 Å². The molecule has 1 fully saturated rings. The third-order valence-electron chi connectivity index (χ3n) is 3.60. The molecular weight excluding hydrogens is 284 g/mol. The van der Waals surface area contributed by atoms with E-state index in [1.165, 1.54) is 12.3 Å². The fraction of sp³-hybridized carbons (Fsp3) is 0.583. The molecule has 8 heteroatoms. The number of hydrogen-bond donors (Lipinski definition) is 2. The van der Waals surface area contributed by atoms with Crippen molar-refractivity contribution in [3.05, 3.63) is 28.1 Å². The first-order valence-corrected chi connectivity index (χ1v) is 6.36. The molecule has 0 saturated carbocycles. The van der Waals surface area contributed by atoms with Gasteiger partial charge in [-0.1, -0.05) is 0 Å². The first-order valence-electron chi connectivity index (χ1n) is 6.36. The molecule has 0 spiro atoms. The summed E-state index contributed by atoms with van der Waals surface area (Å²) in [5.74, 6) is 0.0982. The van der Waals surface area contributed by atoms with Crippen LogP contribution in [0.1, 0.15) is 30.3 Å². The Labute approximate surface area is 123 Å². The molecule has 2 rings (SSSR count). The second kappa shape index (κ2) is 6.71. The van der Waals surface area contributed by atoms with Crippen LogP contribution in [0.5, 0.6) is 0 Å². The van der Waals surface area contributed by atoms with E-state index < -0.39 is 4.92 Å². The van der Waals surface area contributed by atoms with Gasteiger partial charge < -0.3 is 15.6 Å². The van der Waals surface area contributed by atoms with Crippen molar-refractivity contribution in [3.8, 4) is 0 Å². The number of hydrogen-bond acceptors (Lipinski definition) is 4. The van der Waals surface area contributed by atoms with Crippen molar-refractivity contribution in [2.75, 3.05) is 13.1 Å². The van der Waals surface area contributed by atoms with Crippen LogP contribution in [0, 0.1) is 16.0 Å². The van der Waals surface area contributed by atoms with E-state index in [0.717, 1.165) is 12.8 Å². The van der Waals surface area contributed by atoms with Crippen LogP contribution in [0.3, 0.4) is 0 Å². The van der Waals surface area contributed by atoms with Crippen molar-refractivity contribution < 1.29 is 9.72 Å². The number of rotatable bonds is 3. The van der Waals surface area contributed by atoms with Gasteiger partial charge in [-0.3, -0.25) is 14.9 Å². The maximum atomic E-state index is 12.2. The smallest absolute Gasteiger partial charge is 0.287 e. The minimum Gasteiger partial charge on any atom is -0.351 e. The highest BCUT2D eigenvalue weighted by Gasteiger charge is 2.27. The predicted octanol–water partition coefficient (Wildman–Crippen LogP) is 1.54. The van der Waals surface area contributed by atoms with E-state index in [9.17, 15) is 14.9 Å². The standard InChI is InChI=1S/C12H18N4O3.ClH/c1-8(13)9-3-2-4-15(7-9)12(17)11-5-10(6-14-11)16(18)19;/h5-6,8-9,14H,2-4,7,13H2,1H3;1H. The van der Waals surface area contributed by atoms with Gasteiger partial charge >= 0.3 is 0 Å². The second-order valence-corrected chi connectivity index (χ2v) is 5.04. The van der Waals surface area contributed by atoms with Crippen LogP contribution in [-0.2, 0) is 0 Å². The lowest BCUT2D eigenvalue weighted by Crippen LogP contribution is -2.45. The van der Waals surface area contributed by atoms with Gasteiger partial charge in [0.25, 0.3) is 11.6 Å². The molecule has 2 unspecified atom stereocenters. The number of nitro groups is 1. The molecule has 0 bridgehead atoms. The number of aromatic amines is 1. The molecule has 1 aliphatic rings. The Hall–Kier alpha value is -1.60. The van der Waals surface area contributed by atoms with Gasteiger partial charge in [0, 0.05) is 25.2 Å². The molecule has 1 aliphatic heterocycles. The minimum atomic E-state index is -0.520. The number of carbonyl (C=O) groups is 1. The third kappa shape index (κ3) is 3.49. The maximum absolute atomic E-state index is 12.2. The number of nitrogens with zero attached hydrogens (tertiary/aromatic N) is 2. The van der Waals surface area contributed by atoms with E-state index >= 15 is 0 Å². The Bertz CT molecular complexity index is 489. The summed E-state index contributed by atoms with van der Waals surface area (Å²) in [6, 6.07) is 1.33. The summed E-state index contributed by atoms with van der Waals surface area (Å²) < 4.78 is 0. The van der Waals surface area contributed by atoms with Crippen LogP contribution in [0.4, 0.5) is 5.69 Å². The largest absolute Gasteiger partial charge is 0.351 e. The molecule has 0 aliphatic carbocycles. The topological polar surface area (TPSA) is 105 Å². The van der Waals surface area contributed by atoms with Gasteiger partial charge in [-0.05, 0) is 25.7 Å². The predicted molar refractivity (Wildman–Crippen MR) is 77.0 cm³/mol. The third-order valence-corrected chi connectivity index (χ3v) is 3.60. The molecule has 0 radical (unpaired) electrons. The van der Waals surface area contributed by atoms with Gasteiger partial charge in [0.15, 0.2) is 0 Å². The first-order chi connectivity index (χ1) is 8.99. The summed E-state index contributed by atoms with van der Waals surface area (Å²) in [5.41, 5.74) is 6.04. The average molecular weight is 303 g/mol. The highest BCUT2D eigenvalue weighted by Crippen LogP contribution is 2.21. The molecule has 2 atom stereocenters. The Morgan fingerprint density at radius 3 is 2.90 bits per heavy atom. The molecule has 1 aromatic rings. The lowest BCUT2D eigenvalue weighted by Gasteiger charge is -2.34. The first kappa shape index (κ1) is 16.5. The molecule has 1 amide bonds. The number of carbonyl (C=O) groups excluding carboxylic acids is 1. The van der Waals surface area contributed by atoms with Gasteiger partial charge in [-0.25, -0.2) is 0 Å². The number of aromatic nitrogens is 1. The fourth-order valence-electron chi connectivity index (χ4n) is 2.41. The lowest BCUT2D eigenvalue weighted by atomic mass is 9.92. The highest BCUT2D eigenvalue weighted by atomic mass is 35.5. The fourth-order valence-corrected chi connectivity index (χ4v) is 2.41. The summed E-state index contributed by atoms with van der Waals surface area (Å²) in [7, 11) is 0. The van der Waals surface area contributed by atoms with Crippen molar-refractivity contribution in [2.45, 2.75) is 25.8 Å². The summed E-state index contributed by atoms with van der Waals surface area (Å²) in [6.45, 7) is 3.23. The minimum absolute atomic E-state index is 0. The van der Waals surface area contributed by atoms with E-state index in [1.807, 2.05) is 6.92 Å². The van der Waals surface area contributed by atoms with Gasteiger partial charge in [0.2, 0.25) is 0 Å². The molecule has 2 heterocycles. The van der Waals surface area contributed by atoms with Gasteiger partial charge in [0.1, 0.15) is 5.69 Å².